The molecule has 16 heavy (non-hydrogen) atoms. The average Bonchev–Trinajstić information content (AvgIpc) is 2.65. The lowest BCUT2D eigenvalue weighted by Crippen LogP contribution is -2.33. The van der Waals surface area contributed by atoms with E-state index in [-0.39, 0.29) is 0 Å². The third-order valence-corrected chi connectivity index (χ3v) is 4.22. The van der Waals surface area contributed by atoms with Crippen LogP contribution in [0, 0.1) is 5.92 Å². The highest BCUT2D eigenvalue weighted by Gasteiger charge is 2.24. The zero-order valence-corrected chi connectivity index (χ0v) is 11.6. The highest BCUT2D eigenvalue weighted by atomic mass is 79.9. The fourth-order valence-electron chi connectivity index (χ4n) is 2.56. The Bertz CT molecular complexity index is 333. The van der Waals surface area contributed by atoms with E-state index in [9.17, 15) is 0 Å². The van der Waals surface area contributed by atoms with E-state index in [1.807, 2.05) is 0 Å². The molecule has 88 valence electrons. The maximum absolute atomic E-state index is 3.75. The fraction of sp³-hybridized carbons (Fsp3) is 0.571. The summed E-state index contributed by atoms with van der Waals surface area (Å²) in [6.45, 7) is 4.62. The van der Waals surface area contributed by atoms with Gasteiger partial charge in [-0.3, -0.25) is 0 Å². The molecule has 1 aromatic carbocycles. The molecule has 2 heteroatoms. The van der Waals surface area contributed by atoms with E-state index in [1.54, 1.807) is 0 Å². The van der Waals surface area contributed by atoms with E-state index in [4.69, 9.17) is 0 Å². The molecular formula is C14H20BrN. The van der Waals surface area contributed by atoms with E-state index >= 15 is 0 Å². The highest BCUT2D eigenvalue weighted by molar-refractivity contribution is 9.10. The van der Waals surface area contributed by atoms with Crippen LogP contribution < -0.4 is 5.32 Å². The van der Waals surface area contributed by atoms with Crippen molar-refractivity contribution in [2.24, 2.45) is 5.92 Å². The molecule has 0 saturated heterocycles. The highest BCUT2D eigenvalue weighted by Crippen LogP contribution is 2.27. The van der Waals surface area contributed by atoms with Gasteiger partial charge in [-0.05, 0) is 43.4 Å². The molecule has 1 nitrogen and oxygen atoms in total. The van der Waals surface area contributed by atoms with Gasteiger partial charge in [-0.15, -0.1) is 0 Å². The van der Waals surface area contributed by atoms with Crippen molar-refractivity contribution in [2.45, 2.75) is 45.2 Å². The topological polar surface area (TPSA) is 12.0 Å². The van der Waals surface area contributed by atoms with Gasteiger partial charge in [0.25, 0.3) is 0 Å². The van der Waals surface area contributed by atoms with Crippen LogP contribution in [0.2, 0.25) is 0 Å². The van der Waals surface area contributed by atoms with Crippen molar-refractivity contribution >= 4 is 15.9 Å². The summed E-state index contributed by atoms with van der Waals surface area (Å²) in [7, 11) is 0. The molecule has 1 saturated carbocycles. The molecule has 0 spiro atoms. The number of halogens is 1. The molecule has 0 amide bonds. The molecule has 0 heterocycles. The minimum Gasteiger partial charge on any atom is -0.307 e. The Morgan fingerprint density at radius 2 is 1.94 bits per heavy atom. The molecule has 0 aliphatic heterocycles. The zero-order valence-electron chi connectivity index (χ0n) is 10.0. The van der Waals surface area contributed by atoms with E-state index in [1.165, 1.54) is 24.8 Å². The van der Waals surface area contributed by atoms with Gasteiger partial charge in [-0.1, -0.05) is 41.4 Å². The number of hydrogen-bond acceptors (Lipinski definition) is 1. The quantitative estimate of drug-likeness (QED) is 0.872. The second-order valence-corrected chi connectivity index (χ2v) is 5.87. The standard InChI is InChI=1S/C14H20BrN/c1-10-4-3-5-14(10)16-11(2)12-6-8-13(15)9-7-12/h6-11,14,16H,3-5H2,1-2H3/t10?,11-,14?/m1/s1. The van der Waals surface area contributed by atoms with Crippen LogP contribution in [0.1, 0.15) is 44.7 Å². The van der Waals surface area contributed by atoms with Crippen molar-refractivity contribution in [3.8, 4) is 0 Å². The van der Waals surface area contributed by atoms with E-state index < -0.39 is 0 Å². The monoisotopic (exact) mass is 281 g/mol. The summed E-state index contributed by atoms with van der Waals surface area (Å²) in [5.74, 6) is 0.831. The predicted octanol–water partition coefficient (Wildman–Crippen LogP) is 4.29. The first-order chi connectivity index (χ1) is 7.66. The van der Waals surface area contributed by atoms with Gasteiger partial charge < -0.3 is 5.32 Å². The molecule has 2 unspecified atom stereocenters. The van der Waals surface area contributed by atoms with Crippen molar-refractivity contribution in [1.82, 2.24) is 5.32 Å². The van der Waals surface area contributed by atoms with Crippen molar-refractivity contribution in [3.63, 3.8) is 0 Å². The summed E-state index contributed by atoms with van der Waals surface area (Å²) in [6, 6.07) is 9.79. The van der Waals surface area contributed by atoms with Gasteiger partial charge in [0.1, 0.15) is 0 Å². The molecule has 1 aromatic rings. The fourth-order valence-corrected chi connectivity index (χ4v) is 2.83. The van der Waals surface area contributed by atoms with Gasteiger partial charge >= 0.3 is 0 Å². The first-order valence-electron chi connectivity index (χ1n) is 6.18. The van der Waals surface area contributed by atoms with Crippen LogP contribution in [0.4, 0.5) is 0 Å². The third-order valence-electron chi connectivity index (χ3n) is 3.70. The minimum absolute atomic E-state index is 0.457. The maximum Gasteiger partial charge on any atom is 0.0294 e. The summed E-state index contributed by atoms with van der Waals surface area (Å²) in [5.41, 5.74) is 1.38. The second kappa shape index (κ2) is 5.33. The largest absolute Gasteiger partial charge is 0.307 e. The van der Waals surface area contributed by atoms with E-state index in [0.717, 1.165) is 10.4 Å². The van der Waals surface area contributed by atoms with Crippen LogP contribution in [-0.4, -0.2) is 6.04 Å². The van der Waals surface area contributed by atoms with Gasteiger partial charge in [0.2, 0.25) is 0 Å². The number of rotatable bonds is 3. The lowest BCUT2D eigenvalue weighted by molar-refractivity contribution is 0.388. The van der Waals surface area contributed by atoms with Gasteiger partial charge in [0.05, 0.1) is 0 Å². The second-order valence-electron chi connectivity index (χ2n) is 4.95. The van der Waals surface area contributed by atoms with Gasteiger partial charge in [0, 0.05) is 16.6 Å². The Hall–Kier alpha value is -0.340. The van der Waals surface area contributed by atoms with E-state index in [2.05, 4.69) is 59.4 Å². The van der Waals surface area contributed by atoms with Crippen LogP contribution in [0.25, 0.3) is 0 Å². The van der Waals surface area contributed by atoms with Crippen LogP contribution in [-0.2, 0) is 0 Å². The molecule has 2 rings (SSSR count). The molecule has 1 fully saturated rings. The summed E-state index contributed by atoms with van der Waals surface area (Å²) in [4.78, 5) is 0. The molecule has 3 atom stereocenters. The third kappa shape index (κ3) is 2.86. The predicted molar refractivity (Wildman–Crippen MR) is 72.5 cm³/mol. The average molecular weight is 282 g/mol. The molecule has 0 bridgehead atoms. The Kier molecular flexibility index (Phi) is 4.04. The van der Waals surface area contributed by atoms with Gasteiger partial charge in [0.15, 0.2) is 0 Å². The summed E-state index contributed by atoms with van der Waals surface area (Å²) in [5, 5.41) is 3.75. The Morgan fingerprint density at radius 3 is 2.50 bits per heavy atom. The Balaban J connectivity index is 1.97. The lowest BCUT2D eigenvalue weighted by atomic mass is 10.0. The van der Waals surface area contributed by atoms with E-state index in [0.29, 0.717) is 12.1 Å². The first kappa shape index (κ1) is 12.1. The molecule has 1 aliphatic carbocycles. The van der Waals surface area contributed by atoms with Crippen molar-refractivity contribution in [3.05, 3.63) is 34.3 Å². The van der Waals surface area contributed by atoms with Crippen LogP contribution in [0.5, 0.6) is 0 Å². The lowest BCUT2D eigenvalue weighted by Gasteiger charge is -2.23. The maximum atomic E-state index is 3.75. The SMILES string of the molecule is CC1CCCC1N[C@H](C)c1ccc(Br)cc1. The smallest absolute Gasteiger partial charge is 0.0294 e. The minimum atomic E-state index is 0.457. The number of nitrogens with one attached hydrogen (secondary N) is 1. The van der Waals surface area contributed by atoms with Crippen LogP contribution >= 0.6 is 15.9 Å². The Labute approximate surface area is 107 Å². The molecule has 1 N–H and O–H groups in total. The molecule has 0 aromatic heterocycles. The zero-order chi connectivity index (χ0) is 11.5. The Morgan fingerprint density at radius 1 is 1.25 bits per heavy atom. The summed E-state index contributed by atoms with van der Waals surface area (Å²) < 4.78 is 1.15. The van der Waals surface area contributed by atoms with Gasteiger partial charge in [-0.25, -0.2) is 0 Å². The molecule has 1 aliphatic rings. The molecule has 0 radical (unpaired) electrons. The summed E-state index contributed by atoms with van der Waals surface area (Å²) in [6.07, 6.45) is 4.10. The van der Waals surface area contributed by atoms with Crippen LogP contribution in [0.15, 0.2) is 28.7 Å². The van der Waals surface area contributed by atoms with Crippen molar-refractivity contribution in [2.75, 3.05) is 0 Å². The summed E-state index contributed by atoms with van der Waals surface area (Å²) >= 11 is 3.47. The van der Waals surface area contributed by atoms with Gasteiger partial charge in [-0.2, -0.15) is 0 Å². The van der Waals surface area contributed by atoms with Crippen molar-refractivity contribution in [1.29, 1.82) is 0 Å². The van der Waals surface area contributed by atoms with Crippen molar-refractivity contribution < 1.29 is 0 Å². The first-order valence-corrected chi connectivity index (χ1v) is 6.97. The molecular weight excluding hydrogens is 262 g/mol. The number of hydrogen-bond donors (Lipinski definition) is 1. The normalized spacial score (nSPS) is 26.9. The number of benzene rings is 1. The van der Waals surface area contributed by atoms with Crippen LogP contribution in [0.3, 0.4) is 0 Å².